The van der Waals surface area contributed by atoms with Crippen molar-refractivity contribution < 1.29 is 44.1 Å². The van der Waals surface area contributed by atoms with E-state index in [0.29, 0.717) is 5.70 Å². The summed E-state index contributed by atoms with van der Waals surface area (Å²) < 4.78 is 0. The van der Waals surface area contributed by atoms with Gasteiger partial charge in [-0.1, -0.05) is 30.3 Å². The Hall–Kier alpha value is 0.202. The number of hydrogen-bond donors (Lipinski definition) is 0. The molecule has 1 N–H and O–H groups in total. The van der Waals surface area contributed by atoms with E-state index in [1.807, 2.05) is 37.3 Å². The van der Waals surface area contributed by atoms with E-state index in [9.17, 15) is 0 Å². The van der Waals surface area contributed by atoms with Gasteiger partial charge in [0.2, 0.25) is 0 Å². The summed E-state index contributed by atoms with van der Waals surface area (Å²) in [6, 6.07) is 9.69. The second kappa shape index (κ2) is 5.80. The normalized spacial score (nSPS) is 10.5. The summed E-state index contributed by atoms with van der Waals surface area (Å²) in [5, 5.41) is 0. The monoisotopic (exact) mass is 359 g/mol. The molecule has 1 aromatic rings. The van der Waals surface area contributed by atoms with Crippen LogP contribution in [0.4, 0.5) is 0 Å². The molecule has 0 fully saturated rings. The Bertz CT molecular complexity index is 229. The molecule has 0 aliphatic rings. The second-order valence-corrected chi connectivity index (χ2v) is 2.07. The third kappa shape index (κ3) is 3.40. The zero-order valence-corrected chi connectivity index (χ0v) is 11.3. The van der Waals surface area contributed by atoms with Gasteiger partial charge in [-0.25, -0.2) is 0 Å². The maximum atomic E-state index is 7.42. The molecule has 0 unspecified atom stereocenters. The van der Waals surface area contributed by atoms with E-state index in [2.05, 4.69) is 0 Å². The Morgan fingerprint density at radius 3 is 2.27 bits per heavy atom. The first-order chi connectivity index (χ1) is 4.84. The van der Waals surface area contributed by atoms with Crippen molar-refractivity contribution in [3.05, 3.63) is 47.7 Å². The van der Waals surface area contributed by atoms with Crippen molar-refractivity contribution in [2.45, 2.75) is 6.92 Å². The van der Waals surface area contributed by atoms with Gasteiger partial charge in [0.05, 0.1) is 0 Å². The summed E-state index contributed by atoms with van der Waals surface area (Å²) in [5.74, 6) is 0. The van der Waals surface area contributed by atoms with Gasteiger partial charge in [0.25, 0.3) is 0 Å². The van der Waals surface area contributed by atoms with Crippen molar-refractivity contribution in [1.29, 1.82) is 0 Å². The summed E-state index contributed by atoms with van der Waals surface area (Å²) in [4.78, 5) is 0. The van der Waals surface area contributed by atoms with Crippen LogP contribution < -0.4 is 0 Å². The van der Waals surface area contributed by atoms with Gasteiger partial charge in [0.15, 0.2) is 0 Å². The molecule has 0 aliphatic heterocycles. The van der Waals surface area contributed by atoms with Crippen molar-refractivity contribution in [3.8, 4) is 0 Å². The van der Waals surface area contributed by atoms with Crippen LogP contribution in [-0.4, -0.2) is 0 Å². The summed E-state index contributed by atoms with van der Waals surface area (Å²) in [7, 11) is 0. The average molecular weight is 359 g/mol. The van der Waals surface area contributed by atoms with Crippen LogP contribution >= 0.6 is 0 Å². The molecule has 0 aromatic heterocycles. The number of allylic oxidation sites excluding steroid dienone is 1. The first-order valence-electron chi connectivity index (χ1n) is 3.28. The molecule has 0 aliphatic carbocycles. The Morgan fingerprint density at radius 2 is 1.82 bits per heavy atom. The third-order valence-electron chi connectivity index (χ3n) is 1.37. The van der Waals surface area contributed by atoms with Gasteiger partial charge < -0.3 is 5.73 Å². The minimum Gasteiger partial charge on any atom is -0.699 e. The molecule has 0 bridgehead atoms. The molecule has 11 heavy (non-hydrogen) atoms. The van der Waals surface area contributed by atoms with Gasteiger partial charge in [0, 0.05) is 44.1 Å². The van der Waals surface area contributed by atoms with Crippen LogP contribution in [0.15, 0.2) is 36.4 Å². The van der Waals surface area contributed by atoms with E-state index in [-0.39, 0.29) is 44.1 Å². The predicted octanol–water partition coefficient (Wildman–Crippen LogP) is 3.10. The molecule has 0 amide bonds. The third-order valence-corrected chi connectivity index (χ3v) is 1.37. The first kappa shape index (κ1) is 11.2. The molecule has 0 heterocycles. The standard InChI is InChI=1S/C9H10N.Ac/c1-2-9(10)8-6-4-3-5-7-8;/h2-7,10H,1H3;/q-1;. The van der Waals surface area contributed by atoms with Gasteiger partial charge >= 0.3 is 0 Å². The van der Waals surface area contributed by atoms with Crippen molar-refractivity contribution >= 4 is 5.70 Å². The van der Waals surface area contributed by atoms with Gasteiger partial charge in [-0.15, -0.1) is 11.8 Å². The Morgan fingerprint density at radius 1 is 1.27 bits per heavy atom. The molecule has 0 atom stereocenters. The summed E-state index contributed by atoms with van der Waals surface area (Å²) in [5.41, 5.74) is 8.98. The summed E-state index contributed by atoms with van der Waals surface area (Å²) in [6.45, 7) is 1.87. The van der Waals surface area contributed by atoms with E-state index < -0.39 is 0 Å². The van der Waals surface area contributed by atoms with E-state index in [4.69, 9.17) is 5.73 Å². The molecule has 0 saturated carbocycles. The van der Waals surface area contributed by atoms with Crippen molar-refractivity contribution in [2.75, 3.05) is 0 Å². The number of benzene rings is 1. The van der Waals surface area contributed by atoms with Crippen molar-refractivity contribution in [2.24, 2.45) is 0 Å². The van der Waals surface area contributed by atoms with E-state index in [1.165, 1.54) is 0 Å². The zero-order chi connectivity index (χ0) is 7.40. The van der Waals surface area contributed by atoms with E-state index in [0.717, 1.165) is 5.56 Å². The zero-order valence-electron chi connectivity index (χ0n) is 6.54. The van der Waals surface area contributed by atoms with Gasteiger partial charge in [-0.05, 0) is 12.5 Å². The second-order valence-electron chi connectivity index (χ2n) is 2.07. The summed E-state index contributed by atoms with van der Waals surface area (Å²) in [6.07, 6.45) is 1.79. The van der Waals surface area contributed by atoms with Crippen LogP contribution in [0.2, 0.25) is 0 Å². The fourth-order valence-electron chi connectivity index (χ4n) is 0.784. The first-order valence-corrected chi connectivity index (χ1v) is 3.28. The maximum absolute atomic E-state index is 7.42. The van der Waals surface area contributed by atoms with Crippen molar-refractivity contribution in [3.63, 3.8) is 0 Å². The Labute approximate surface area is 103 Å². The SMILES string of the molecule is CC=C([NH-])c1ccccc1.[Ac]. The fraction of sp³-hybridized carbons (Fsp3) is 0.111. The molecule has 1 aromatic carbocycles. The van der Waals surface area contributed by atoms with Crippen LogP contribution in [0.3, 0.4) is 0 Å². The minimum absolute atomic E-state index is 0. The molecule has 0 spiro atoms. The molecule has 1 rings (SSSR count). The quantitative estimate of drug-likeness (QED) is 0.736. The van der Waals surface area contributed by atoms with Crippen LogP contribution in [0.1, 0.15) is 12.5 Å². The number of rotatable bonds is 1. The topological polar surface area (TPSA) is 23.8 Å². The smallest absolute Gasteiger partial charge is 0 e. The van der Waals surface area contributed by atoms with Crippen LogP contribution in [-0.2, 0) is 0 Å². The number of nitrogens with one attached hydrogen (secondary N) is 1. The average Bonchev–Trinajstić information content (AvgIpc) is 2.05. The van der Waals surface area contributed by atoms with Gasteiger partial charge in [-0.2, -0.15) is 0 Å². The van der Waals surface area contributed by atoms with E-state index in [1.54, 1.807) is 6.08 Å². The van der Waals surface area contributed by atoms with Crippen LogP contribution in [0.5, 0.6) is 0 Å². The molecule has 0 saturated heterocycles. The molecule has 2 heteroatoms. The molecule has 1 radical (unpaired) electrons. The number of hydrogen-bond acceptors (Lipinski definition) is 0. The Balaban J connectivity index is 0.000001000. The Kier molecular flexibility index (Phi) is 5.91. The largest absolute Gasteiger partial charge is 0.699 e. The maximum Gasteiger partial charge on any atom is 0 e. The summed E-state index contributed by atoms with van der Waals surface area (Å²) >= 11 is 0. The predicted molar refractivity (Wildman–Crippen MR) is 44.4 cm³/mol. The fourth-order valence-corrected chi connectivity index (χ4v) is 0.784. The van der Waals surface area contributed by atoms with Crippen LogP contribution in [0.25, 0.3) is 11.4 Å². The molecule has 1 nitrogen and oxygen atoms in total. The van der Waals surface area contributed by atoms with Gasteiger partial charge in [0.1, 0.15) is 0 Å². The molecule has 55 valence electrons. The van der Waals surface area contributed by atoms with E-state index >= 15 is 0 Å². The van der Waals surface area contributed by atoms with Gasteiger partial charge in [-0.3, -0.25) is 0 Å². The van der Waals surface area contributed by atoms with Crippen LogP contribution in [0, 0.1) is 44.1 Å². The molecular formula is C9H10AcN-. The molecular weight excluding hydrogens is 349 g/mol. The van der Waals surface area contributed by atoms with Crippen molar-refractivity contribution in [1.82, 2.24) is 0 Å². The minimum atomic E-state index is 0.